The van der Waals surface area contributed by atoms with E-state index in [1.807, 2.05) is 6.07 Å². The molecule has 0 radical (unpaired) electrons. The van der Waals surface area contributed by atoms with E-state index in [0.29, 0.717) is 40.0 Å². The Labute approximate surface area is 189 Å². The molecule has 174 valence electrons. The van der Waals surface area contributed by atoms with Crippen LogP contribution in [0.3, 0.4) is 0 Å². The van der Waals surface area contributed by atoms with Gasteiger partial charge in [-0.25, -0.2) is 23.8 Å². The zero-order valence-corrected chi connectivity index (χ0v) is 18.2. The third-order valence-corrected chi connectivity index (χ3v) is 7.03. The normalized spacial score (nSPS) is 17.9. The largest absolute Gasteiger partial charge is 0.382 e. The lowest BCUT2D eigenvalue weighted by Gasteiger charge is -2.47. The molecule has 0 aromatic carbocycles. The van der Waals surface area contributed by atoms with Crippen molar-refractivity contribution in [2.24, 2.45) is 10.5 Å². The van der Waals surface area contributed by atoms with Gasteiger partial charge < -0.3 is 16.4 Å². The first-order chi connectivity index (χ1) is 16.0. The van der Waals surface area contributed by atoms with Crippen LogP contribution in [0.1, 0.15) is 44.9 Å². The number of alkyl halides is 2. The van der Waals surface area contributed by atoms with Crippen LogP contribution in [-0.2, 0) is 0 Å². The third kappa shape index (κ3) is 4.19. The topological polar surface area (TPSA) is 129 Å². The van der Waals surface area contributed by atoms with Crippen molar-refractivity contribution < 1.29 is 8.78 Å². The molecule has 2 aliphatic rings. The van der Waals surface area contributed by atoms with E-state index in [0.717, 1.165) is 12.8 Å². The molecule has 2 fully saturated rings. The van der Waals surface area contributed by atoms with Crippen molar-refractivity contribution in [1.82, 2.24) is 19.6 Å². The monoisotopic (exact) mass is 455 g/mol. The van der Waals surface area contributed by atoms with E-state index in [4.69, 9.17) is 11.3 Å². The molecule has 5 rings (SSSR count). The Bertz CT molecular complexity index is 1160. The first kappa shape index (κ1) is 21.5. The molecule has 3 heterocycles. The van der Waals surface area contributed by atoms with E-state index in [9.17, 15) is 8.78 Å². The Morgan fingerprint density at radius 3 is 2.64 bits per heavy atom. The van der Waals surface area contributed by atoms with Crippen LogP contribution in [0.25, 0.3) is 16.8 Å². The van der Waals surface area contributed by atoms with E-state index in [1.165, 1.54) is 32.1 Å². The molecule has 11 heteroatoms. The summed E-state index contributed by atoms with van der Waals surface area (Å²) < 4.78 is 27.0. The number of halogens is 2. The molecular weight excluding hydrogens is 428 g/mol. The molecule has 0 unspecified atom stereocenters. The van der Waals surface area contributed by atoms with Gasteiger partial charge in [0.25, 0.3) is 6.43 Å². The second kappa shape index (κ2) is 8.53. The number of anilines is 3. The number of pyridine rings is 1. The highest BCUT2D eigenvalue weighted by Gasteiger charge is 2.40. The zero-order valence-electron chi connectivity index (χ0n) is 18.2. The average molecular weight is 456 g/mol. The molecule has 0 amide bonds. The van der Waals surface area contributed by atoms with Gasteiger partial charge in [-0.15, -0.1) is 5.10 Å². The lowest BCUT2D eigenvalue weighted by Crippen LogP contribution is -2.38. The van der Waals surface area contributed by atoms with Crippen LogP contribution in [0, 0.1) is 10.9 Å². The smallest absolute Gasteiger partial charge is 0.255 e. The van der Waals surface area contributed by atoms with Crippen molar-refractivity contribution in [3.8, 4) is 11.3 Å². The summed E-state index contributed by atoms with van der Waals surface area (Å²) in [6.45, 7) is -0.585. The number of hydrogen-bond donors (Lipinski definition) is 4. The summed E-state index contributed by atoms with van der Waals surface area (Å²) in [6, 6.07) is 5.37. The van der Waals surface area contributed by atoms with Gasteiger partial charge >= 0.3 is 0 Å². The number of nitrogens with two attached hydrogens (primary N) is 1. The molecule has 3 aromatic heterocycles. The van der Waals surface area contributed by atoms with E-state index in [1.54, 1.807) is 22.8 Å². The molecule has 33 heavy (non-hydrogen) atoms. The lowest BCUT2D eigenvalue weighted by molar-refractivity contribution is 0.0729. The van der Waals surface area contributed by atoms with Gasteiger partial charge in [-0.05, 0) is 62.1 Å². The molecule has 1 spiro atoms. The second-order valence-corrected chi connectivity index (χ2v) is 9.06. The highest BCUT2D eigenvalue weighted by molar-refractivity contribution is 5.87. The maximum atomic E-state index is 12.6. The average Bonchev–Trinajstić information content (AvgIpc) is 3.21. The summed E-state index contributed by atoms with van der Waals surface area (Å²) in [4.78, 5) is 8.88. The van der Waals surface area contributed by atoms with Crippen molar-refractivity contribution in [3.05, 3.63) is 24.4 Å². The van der Waals surface area contributed by atoms with Gasteiger partial charge in [0, 0.05) is 17.8 Å². The molecule has 9 nitrogen and oxygen atoms in total. The van der Waals surface area contributed by atoms with Gasteiger partial charge in [-0.3, -0.25) is 0 Å². The number of nitrogen functional groups attached to an aromatic ring is 1. The Morgan fingerprint density at radius 2 is 1.97 bits per heavy atom. The quantitative estimate of drug-likeness (QED) is 0.361. The van der Waals surface area contributed by atoms with Gasteiger partial charge in [-0.1, -0.05) is 6.42 Å². The Morgan fingerprint density at radius 1 is 1.18 bits per heavy atom. The van der Waals surface area contributed by atoms with Crippen LogP contribution in [-0.4, -0.2) is 38.6 Å². The van der Waals surface area contributed by atoms with E-state index >= 15 is 0 Å². The van der Waals surface area contributed by atoms with Gasteiger partial charge in [0.1, 0.15) is 11.2 Å². The predicted molar refractivity (Wildman–Crippen MR) is 122 cm³/mol. The van der Waals surface area contributed by atoms with Crippen LogP contribution in [0.4, 0.5) is 32.1 Å². The summed E-state index contributed by atoms with van der Waals surface area (Å²) in [6.07, 6.45) is 8.06. The number of fused-ring (bicyclic) bond motifs is 1. The molecule has 5 N–H and O–H groups in total. The van der Waals surface area contributed by atoms with Crippen molar-refractivity contribution in [2.75, 3.05) is 22.9 Å². The summed E-state index contributed by atoms with van der Waals surface area (Å²) in [7, 11) is 0. The van der Waals surface area contributed by atoms with E-state index in [2.05, 4.69) is 30.8 Å². The van der Waals surface area contributed by atoms with E-state index in [-0.39, 0.29) is 11.5 Å². The fourth-order valence-corrected chi connectivity index (χ4v) is 5.05. The van der Waals surface area contributed by atoms with Gasteiger partial charge in [0.05, 0.1) is 12.2 Å². The fourth-order valence-electron chi connectivity index (χ4n) is 5.05. The van der Waals surface area contributed by atoms with Crippen LogP contribution < -0.4 is 16.4 Å². The minimum atomic E-state index is -2.55. The van der Waals surface area contributed by atoms with Crippen molar-refractivity contribution in [2.45, 2.75) is 57.4 Å². The molecule has 3 aromatic rings. The maximum absolute atomic E-state index is 12.6. The molecule has 2 saturated carbocycles. The Hall–Kier alpha value is -3.37. The summed E-state index contributed by atoms with van der Waals surface area (Å²) in [5, 5.41) is 13.9. The highest BCUT2D eigenvalue weighted by atomic mass is 19.3. The van der Waals surface area contributed by atoms with Crippen molar-refractivity contribution in [1.29, 1.82) is 5.53 Å². The zero-order chi connectivity index (χ0) is 23.0. The first-order valence-corrected chi connectivity index (χ1v) is 11.3. The van der Waals surface area contributed by atoms with Crippen molar-refractivity contribution in [3.63, 3.8) is 0 Å². The predicted octanol–water partition coefficient (Wildman–Crippen LogP) is 5.24. The fraction of sp³-hybridized carbons (Fsp3) is 0.500. The maximum Gasteiger partial charge on any atom is 0.255 e. The first-order valence-electron chi connectivity index (χ1n) is 11.3. The Balaban J connectivity index is 1.38. The van der Waals surface area contributed by atoms with Crippen LogP contribution >= 0.6 is 0 Å². The van der Waals surface area contributed by atoms with Gasteiger partial charge in [-0.2, -0.15) is 10.1 Å². The SMILES string of the molecule is N=Nc1ccc(-c2ccn3nc(NC4CCC5(CCC5)CC4)nc(N)c23)nc1NCC(F)F. The molecule has 2 aliphatic carbocycles. The molecular formula is C22H27F2N9. The number of rotatable bonds is 7. The number of hydrogen-bond acceptors (Lipinski definition) is 8. The van der Waals surface area contributed by atoms with Crippen LogP contribution in [0.2, 0.25) is 0 Å². The van der Waals surface area contributed by atoms with E-state index < -0.39 is 13.0 Å². The molecule has 0 atom stereocenters. The minimum Gasteiger partial charge on any atom is -0.382 e. The highest BCUT2D eigenvalue weighted by Crippen LogP contribution is 2.51. The lowest BCUT2D eigenvalue weighted by atomic mass is 9.60. The molecule has 0 saturated heterocycles. The standard InChI is InChI=1S/C22H27F2N9/c23-17(24)12-27-20-16(31-26)3-2-15(29-20)14-6-11-33-18(14)19(25)30-21(32-33)28-13-4-9-22(10-5-13)7-1-8-22/h2-3,6,11,13,17,26H,1,4-5,7-10,12H2,(H,27,29)(H3,25,28,30,32). The second-order valence-electron chi connectivity index (χ2n) is 9.06. The molecule has 0 bridgehead atoms. The van der Waals surface area contributed by atoms with Gasteiger partial charge in [0.2, 0.25) is 5.95 Å². The summed E-state index contributed by atoms with van der Waals surface area (Å²) in [5.74, 6) is 0.908. The minimum absolute atomic E-state index is 0.112. The van der Waals surface area contributed by atoms with Crippen molar-refractivity contribution >= 4 is 28.8 Å². The van der Waals surface area contributed by atoms with Crippen LogP contribution in [0.15, 0.2) is 29.5 Å². The Kier molecular flexibility index (Phi) is 5.55. The van der Waals surface area contributed by atoms with Crippen LogP contribution in [0.5, 0.6) is 0 Å². The number of nitrogens with zero attached hydrogens (tertiary/aromatic N) is 5. The van der Waals surface area contributed by atoms with Gasteiger partial charge in [0.15, 0.2) is 11.6 Å². The summed E-state index contributed by atoms with van der Waals surface area (Å²) >= 11 is 0. The number of nitrogens with one attached hydrogen (secondary N) is 3. The third-order valence-electron chi connectivity index (χ3n) is 7.03. The number of aromatic nitrogens is 4. The summed E-state index contributed by atoms with van der Waals surface area (Å²) in [5.41, 5.74) is 16.1. The molecule has 0 aliphatic heterocycles.